The molecule has 1 aromatic carbocycles. The van der Waals surface area contributed by atoms with Crippen molar-refractivity contribution in [3.8, 4) is 0 Å². The highest BCUT2D eigenvalue weighted by Crippen LogP contribution is 2.25. The molecule has 0 saturated carbocycles. The number of nitrogens with one attached hydrogen (secondary N) is 1. The molecule has 21 heavy (non-hydrogen) atoms. The zero-order valence-electron chi connectivity index (χ0n) is 12.8. The van der Waals surface area contributed by atoms with Gasteiger partial charge in [0.15, 0.2) is 9.84 Å². The van der Waals surface area contributed by atoms with E-state index < -0.39 is 9.84 Å². The Morgan fingerprint density at radius 2 is 1.62 bits per heavy atom. The fraction of sp³-hybridized carbons (Fsp3) is 0.375. The first kappa shape index (κ1) is 16.2. The van der Waals surface area contributed by atoms with E-state index in [-0.39, 0.29) is 12.1 Å². The summed E-state index contributed by atoms with van der Waals surface area (Å²) in [4.78, 5) is 2.98. The number of rotatable bonds is 5. The Morgan fingerprint density at radius 1 is 1.00 bits per heavy atom. The molecule has 0 aliphatic carbocycles. The van der Waals surface area contributed by atoms with E-state index in [0.29, 0.717) is 4.90 Å². The minimum absolute atomic E-state index is 0.163. The van der Waals surface area contributed by atoms with Crippen LogP contribution in [0.25, 0.3) is 0 Å². The van der Waals surface area contributed by atoms with Crippen LogP contribution in [0.5, 0.6) is 0 Å². The molecule has 0 fully saturated rings. The van der Waals surface area contributed by atoms with Crippen molar-refractivity contribution in [3.05, 3.63) is 51.7 Å². The third-order valence-corrected chi connectivity index (χ3v) is 5.81. The van der Waals surface area contributed by atoms with Crippen molar-refractivity contribution in [1.29, 1.82) is 0 Å². The van der Waals surface area contributed by atoms with Gasteiger partial charge in [-0.3, -0.25) is 0 Å². The summed E-state index contributed by atoms with van der Waals surface area (Å²) >= 11 is 1.80. The molecule has 2 atom stereocenters. The van der Waals surface area contributed by atoms with Crippen LogP contribution in [0.2, 0.25) is 0 Å². The molecule has 2 unspecified atom stereocenters. The van der Waals surface area contributed by atoms with Crippen LogP contribution in [-0.4, -0.2) is 14.7 Å². The van der Waals surface area contributed by atoms with Gasteiger partial charge in [-0.15, -0.1) is 11.3 Å². The van der Waals surface area contributed by atoms with Crippen LogP contribution in [0.15, 0.2) is 41.3 Å². The van der Waals surface area contributed by atoms with E-state index in [1.54, 1.807) is 23.5 Å². The summed E-state index contributed by atoms with van der Waals surface area (Å²) in [6.07, 6.45) is 1.23. The van der Waals surface area contributed by atoms with Crippen LogP contribution in [0.3, 0.4) is 0 Å². The average molecular weight is 323 g/mol. The quantitative estimate of drug-likeness (QED) is 0.908. The number of aryl methyl sites for hydroxylation is 1. The molecule has 0 aliphatic heterocycles. The molecule has 1 heterocycles. The van der Waals surface area contributed by atoms with Crippen molar-refractivity contribution in [2.24, 2.45) is 0 Å². The molecule has 0 spiro atoms. The minimum Gasteiger partial charge on any atom is -0.303 e. The van der Waals surface area contributed by atoms with Gasteiger partial charge in [0.1, 0.15) is 0 Å². The Labute approximate surface area is 130 Å². The molecule has 5 heteroatoms. The molecule has 0 radical (unpaired) electrons. The summed E-state index contributed by atoms with van der Waals surface area (Å²) in [6.45, 7) is 6.34. The largest absolute Gasteiger partial charge is 0.303 e. The molecule has 0 aliphatic rings. The standard InChI is InChI=1S/C16H21NO2S2/c1-11-5-10-16(20-11)13(3)17-12(2)14-6-8-15(9-7-14)21(4,18)19/h5-10,12-13,17H,1-4H3. The first-order valence-electron chi connectivity index (χ1n) is 6.90. The first-order chi connectivity index (χ1) is 9.77. The number of benzene rings is 1. The van der Waals surface area contributed by atoms with Gasteiger partial charge in [-0.05, 0) is 50.6 Å². The lowest BCUT2D eigenvalue weighted by Gasteiger charge is -2.19. The van der Waals surface area contributed by atoms with Crippen molar-refractivity contribution in [2.45, 2.75) is 37.8 Å². The highest BCUT2D eigenvalue weighted by Gasteiger charge is 2.13. The fourth-order valence-electron chi connectivity index (χ4n) is 2.24. The zero-order valence-corrected chi connectivity index (χ0v) is 14.4. The number of thiophene rings is 1. The van der Waals surface area contributed by atoms with E-state index in [1.807, 2.05) is 12.1 Å². The SMILES string of the molecule is Cc1ccc(C(C)NC(C)c2ccc(S(C)(=O)=O)cc2)s1. The normalized spacial score (nSPS) is 14.9. The zero-order chi connectivity index (χ0) is 15.6. The molecule has 0 saturated heterocycles. The van der Waals surface area contributed by atoms with Crippen molar-refractivity contribution in [1.82, 2.24) is 5.32 Å². The maximum Gasteiger partial charge on any atom is 0.175 e. The Bertz CT molecular complexity index is 702. The van der Waals surface area contributed by atoms with E-state index in [2.05, 4.69) is 38.2 Å². The van der Waals surface area contributed by atoms with Gasteiger partial charge < -0.3 is 5.32 Å². The molecule has 2 rings (SSSR count). The van der Waals surface area contributed by atoms with Gasteiger partial charge in [0.05, 0.1) is 4.90 Å². The van der Waals surface area contributed by atoms with E-state index in [4.69, 9.17) is 0 Å². The average Bonchev–Trinajstić information content (AvgIpc) is 2.84. The van der Waals surface area contributed by atoms with E-state index in [0.717, 1.165) is 5.56 Å². The van der Waals surface area contributed by atoms with Gasteiger partial charge in [-0.1, -0.05) is 12.1 Å². The van der Waals surface area contributed by atoms with Crippen LogP contribution in [-0.2, 0) is 9.84 Å². The molecule has 2 aromatic rings. The third-order valence-electron chi connectivity index (χ3n) is 3.50. The molecule has 0 bridgehead atoms. The second kappa shape index (κ2) is 6.30. The summed E-state index contributed by atoms with van der Waals surface area (Å²) in [5, 5.41) is 3.54. The van der Waals surface area contributed by atoms with Crippen LogP contribution in [0.4, 0.5) is 0 Å². The summed E-state index contributed by atoms with van der Waals surface area (Å²) in [5.41, 5.74) is 1.09. The molecule has 1 N–H and O–H groups in total. The van der Waals surface area contributed by atoms with Crippen molar-refractivity contribution in [2.75, 3.05) is 6.26 Å². The topological polar surface area (TPSA) is 46.2 Å². The lowest BCUT2D eigenvalue weighted by atomic mass is 10.1. The Hall–Kier alpha value is -1.17. The van der Waals surface area contributed by atoms with Crippen molar-refractivity contribution in [3.63, 3.8) is 0 Å². The number of hydrogen-bond acceptors (Lipinski definition) is 4. The Kier molecular flexibility index (Phi) is 4.86. The lowest BCUT2D eigenvalue weighted by Crippen LogP contribution is -2.21. The second-order valence-electron chi connectivity index (χ2n) is 5.40. The Balaban J connectivity index is 2.08. The molecular formula is C16H21NO2S2. The van der Waals surface area contributed by atoms with Gasteiger partial charge in [-0.25, -0.2) is 8.42 Å². The maximum absolute atomic E-state index is 11.5. The maximum atomic E-state index is 11.5. The lowest BCUT2D eigenvalue weighted by molar-refractivity contribution is 0.500. The van der Waals surface area contributed by atoms with Gasteiger partial charge in [-0.2, -0.15) is 0 Å². The van der Waals surface area contributed by atoms with Crippen LogP contribution < -0.4 is 5.32 Å². The molecule has 3 nitrogen and oxygen atoms in total. The highest BCUT2D eigenvalue weighted by atomic mass is 32.2. The monoisotopic (exact) mass is 323 g/mol. The highest BCUT2D eigenvalue weighted by molar-refractivity contribution is 7.90. The first-order valence-corrected chi connectivity index (χ1v) is 9.60. The predicted molar refractivity (Wildman–Crippen MR) is 88.6 cm³/mol. The van der Waals surface area contributed by atoms with Gasteiger partial charge in [0.25, 0.3) is 0 Å². The van der Waals surface area contributed by atoms with Crippen molar-refractivity contribution >= 4 is 21.2 Å². The number of sulfone groups is 1. The van der Waals surface area contributed by atoms with Crippen LogP contribution >= 0.6 is 11.3 Å². The fourth-order valence-corrected chi connectivity index (χ4v) is 3.76. The van der Waals surface area contributed by atoms with E-state index in [1.165, 1.54) is 16.0 Å². The number of hydrogen-bond donors (Lipinski definition) is 1. The summed E-state index contributed by atoms with van der Waals surface area (Å²) in [5.74, 6) is 0. The molecule has 1 aromatic heterocycles. The van der Waals surface area contributed by atoms with Crippen LogP contribution in [0.1, 0.15) is 41.2 Å². The van der Waals surface area contributed by atoms with E-state index >= 15 is 0 Å². The second-order valence-corrected chi connectivity index (χ2v) is 8.73. The van der Waals surface area contributed by atoms with Gasteiger partial charge in [0, 0.05) is 28.1 Å². The third kappa shape index (κ3) is 4.15. The predicted octanol–water partition coefficient (Wildman–Crippen LogP) is 3.87. The van der Waals surface area contributed by atoms with E-state index in [9.17, 15) is 8.42 Å². The smallest absolute Gasteiger partial charge is 0.175 e. The van der Waals surface area contributed by atoms with Crippen LogP contribution in [0, 0.1) is 6.92 Å². The summed E-state index contributed by atoms with van der Waals surface area (Å²) in [7, 11) is -3.13. The molecule has 114 valence electrons. The summed E-state index contributed by atoms with van der Waals surface area (Å²) < 4.78 is 22.9. The Morgan fingerprint density at radius 3 is 2.10 bits per heavy atom. The molecule has 0 amide bonds. The van der Waals surface area contributed by atoms with Gasteiger partial charge in [0.2, 0.25) is 0 Å². The minimum atomic E-state index is -3.13. The molecular weight excluding hydrogens is 302 g/mol. The summed E-state index contributed by atoms with van der Waals surface area (Å²) in [6, 6.07) is 11.8. The van der Waals surface area contributed by atoms with Gasteiger partial charge >= 0.3 is 0 Å². The van der Waals surface area contributed by atoms with Crippen molar-refractivity contribution < 1.29 is 8.42 Å².